The van der Waals surface area contributed by atoms with Crippen LogP contribution in [0.3, 0.4) is 0 Å². The third-order valence-corrected chi connectivity index (χ3v) is 15.5. The van der Waals surface area contributed by atoms with Crippen LogP contribution >= 0.6 is 0 Å². The van der Waals surface area contributed by atoms with Crippen molar-refractivity contribution < 1.29 is 31.9 Å². The SMILES string of the molecule is CC(C)(C)[Si](C)(C)O[C@H](C1=CCN(S(=O)(=O)c2ccccc2)C[C@@]12CCN(C(=O)OCc1ccccc1)C2O)c1ccco1. The van der Waals surface area contributed by atoms with E-state index >= 15 is 0 Å². The normalized spacial score (nSPS) is 22.2. The molecule has 0 saturated carbocycles. The molecule has 1 fully saturated rings. The van der Waals surface area contributed by atoms with Gasteiger partial charge in [0.1, 0.15) is 24.7 Å². The van der Waals surface area contributed by atoms with Gasteiger partial charge < -0.3 is 18.7 Å². The van der Waals surface area contributed by atoms with Crippen molar-refractivity contribution in [3.63, 3.8) is 0 Å². The third kappa shape index (κ3) is 6.16. The lowest BCUT2D eigenvalue weighted by Crippen LogP contribution is -2.54. The number of amides is 1. The Morgan fingerprint density at radius 3 is 2.34 bits per heavy atom. The van der Waals surface area contributed by atoms with Crippen LogP contribution < -0.4 is 0 Å². The molecule has 2 aliphatic rings. The number of hydrogen-bond donors (Lipinski definition) is 1. The van der Waals surface area contributed by atoms with E-state index < -0.39 is 42.2 Å². The molecule has 3 atom stereocenters. The first-order valence-corrected chi connectivity index (χ1v) is 19.2. The van der Waals surface area contributed by atoms with E-state index in [4.69, 9.17) is 13.6 Å². The van der Waals surface area contributed by atoms with Crippen LogP contribution in [0.15, 0.2) is 100 Å². The Hall–Kier alpha value is -3.22. The summed E-state index contributed by atoms with van der Waals surface area (Å²) in [5.41, 5.74) is 0.358. The molecule has 11 heteroatoms. The topological polar surface area (TPSA) is 110 Å². The lowest BCUT2D eigenvalue weighted by Gasteiger charge is -2.47. The zero-order chi connectivity index (χ0) is 31.8. The molecule has 1 unspecified atom stereocenters. The average Bonchev–Trinajstić information content (AvgIpc) is 3.64. The van der Waals surface area contributed by atoms with E-state index in [1.807, 2.05) is 42.5 Å². The molecule has 2 aliphatic heterocycles. The molecule has 0 radical (unpaired) electrons. The Morgan fingerprint density at radius 2 is 1.73 bits per heavy atom. The molecule has 1 amide bonds. The number of carbonyl (C=O) groups is 1. The molecule has 2 aromatic carbocycles. The minimum absolute atomic E-state index is 0.0439. The maximum Gasteiger partial charge on any atom is 0.412 e. The van der Waals surface area contributed by atoms with Gasteiger partial charge in [-0.1, -0.05) is 75.4 Å². The Labute approximate surface area is 261 Å². The van der Waals surface area contributed by atoms with E-state index in [9.17, 15) is 18.3 Å². The average molecular weight is 639 g/mol. The summed E-state index contributed by atoms with van der Waals surface area (Å²) in [6, 6.07) is 21.2. The smallest absolute Gasteiger partial charge is 0.412 e. The number of nitrogens with zero attached hydrogens (tertiary/aromatic N) is 2. The number of aliphatic hydroxyl groups excluding tert-OH is 1. The Bertz CT molecular complexity index is 1570. The van der Waals surface area contributed by atoms with E-state index in [1.165, 1.54) is 9.21 Å². The predicted molar refractivity (Wildman–Crippen MR) is 169 cm³/mol. The summed E-state index contributed by atoms with van der Waals surface area (Å²) < 4.78 is 47.6. The molecular weight excluding hydrogens is 597 g/mol. The van der Waals surface area contributed by atoms with E-state index in [-0.39, 0.29) is 36.2 Å². The first-order chi connectivity index (χ1) is 20.8. The highest BCUT2D eigenvalue weighted by Gasteiger charge is 2.57. The van der Waals surface area contributed by atoms with Gasteiger partial charge in [0.2, 0.25) is 10.0 Å². The summed E-state index contributed by atoms with van der Waals surface area (Å²) in [6.45, 7) is 11.0. The number of likely N-dealkylation sites (tertiary alicyclic amines) is 1. The second-order valence-corrected chi connectivity index (χ2v) is 19.8. The fourth-order valence-corrected chi connectivity index (χ4v) is 8.33. The molecule has 1 N–H and O–H groups in total. The van der Waals surface area contributed by atoms with Gasteiger partial charge in [-0.2, -0.15) is 4.31 Å². The van der Waals surface area contributed by atoms with Crippen molar-refractivity contribution in [2.75, 3.05) is 19.6 Å². The number of sulfonamides is 1. The lowest BCUT2D eigenvalue weighted by molar-refractivity contribution is -0.0399. The molecule has 0 bridgehead atoms. The molecule has 5 rings (SSSR count). The van der Waals surface area contributed by atoms with Gasteiger partial charge in [-0.25, -0.2) is 13.2 Å². The number of furan rings is 1. The van der Waals surface area contributed by atoms with Crippen LogP contribution in [0.4, 0.5) is 4.79 Å². The molecule has 3 aromatic rings. The zero-order valence-corrected chi connectivity index (χ0v) is 27.8. The second-order valence-electron chi connectivity index (χ2n) is 13.1. The molecule has 1 saturated heterocycles. The van der Waals surface area contributed by atoms with Crippen LogP contribution in [0.1, 0.15) is 44.6 Å². The quantitative estimate of drug-likeness (QED) is 0.227. The third-order valence-electron chi connectivity index (χ3n) is 9.26. The monoisotopic (exact) mass is 638 g/mol. The lowest BCUT2D eigenvalue weighted by atomic mass is 9.73. The van der Waals surface area contributed by atoms with Crippen molar-refractivity contribution in [1.29, 1.82) is 0 Å². The van der Waals surface area contributed by atoms with Gasteiger partial charge in [-0.15, -0.1) is 0 Å². The van der Waals surface area contributed by atoms with E-state index in [0.717, 1.165) is 5.56 Å². The maximum atomic E-state index is 13.8. The van der Waals surface area contributed by atoms with E-state index in [0.29, 0.717) is 17.8 Å². The first-order valence-electron chi connectivity index (χ1n) is 14.9. The van der Waals surface area contributed by atoms with E-state index in [2.05, 4.69) is 33.9 Å². The van der Waals surface area contributed by atoms with Crippen LogP contribution in [0, 0.1) is 5.41 Å². The van der Waals surface area contributed by atoms with Crippen molar-refractivity contribution >= 4 is 24.4 Å². The predicted octanol–water partition coefficient (Wildman–Crippen LogP) is 6.32. The van der Waals surface area contributed by atoms with Crippen LogP contribution in [0.2, 0.25) is 18.1 Å². The van der Waals surface area contributed by atoms with Crippen molar-refractivity contribution in [2.24, 2.45) is 5.41 Å². The molecule has 9 nitrogen and oxygen atoms in total. The van der Waals surface area contributed by atoms with Gasteiger partial charge in [0.05, 0.1) is 16.6 Å². The Morgan fingerprint density at radius 1 is 1.07 bits per heavy atom. The van der Waals surface area contributed by atoms with Gasteiger partial charge in [0, 0.05) is 19.6 Å². The van der Waals surface area contributed by atoms with Crippen molar-refractivity contribution in [3.05, 3.63) is 102 Å². The largest absolute Gasteiger partial charge is 0.466 e. The van der Waals surface area contributed by atoms with E-state index in [1.54, 1.807) is 42.7 Å². The minimum atomic E-state index is -3.91. The fourth-order valence-electron chi connectivity index (χ4n) is 5.67. The van der Waals surface area contributed by atoms with Crippen LogP contribution in [-0.4, -0.2) is 63.0 Å². The molecule has 1 spiro atoms. The standard InChI is InChI=1S/C33H42N2O7SSi/c1-32(2,3)44(4,5)42-29(28-17-12-22-40-28)27-18-20-34(43(38,39)26-15-10-7-11-16-26)24-33(27)19-21-35(30(33)36)31(37)41-23-25-13-8-6-9-14-25/h6-18,22,29-30,36H,19-21,23-24H2,1-5H3/t29-,30?,33+/m1/s1. The molecule has 236 valence electrons. The highest BCUT2D eigenvalue weighted by molar-refractivity contribution is 7.89. The fraction of sp³-hybridized carbons (Fsp3) is 0.424. The van der Waals surface area contributed by atoms with Gasteiger partial charge >= 0.3 is 6.09 Å². The molecular formula is C33H42N2O7SSi. The number of rotatable bonds is 8. The molecule has 1 aromatic heterocycles. The van der Waals surface area contributed by atoms with Crippen LogP contribution in [0.25, 0.3) is 0 Å². The summed E-state index contributed by atoms with van der Waals surface area (Å²) in [7, 11) is -6.32. The highest BCUT2D eigenvalue weighted by Crippen LogP contribution is 2.53. The Kier molecular flexibility index (Phi) is 8.98. The summed E-state index contributed by atoms with van der Waals surface area (Å²) in [4.78, 5) is 14.8. The summed E-state index contributed by atoms with van der Waals surface area (Å²) in [5, 5.41) is 11.9. The Balaban J connectivity index is 1.54. The van der Waals surface area contributed by atoms with Crippen molar-refractivity contribution in [3.8, 4) is 0 Å². The first kappa shape index (κ1) is 32.2. The van der Waals surface area contributed by atoms with Gasteiger partial charge in [-0.3, -0.25) is 4.90 Å². The molecule has 0 aliphatic carbocycles. The van der Waals surface area contributed by atoms with Crippen LogP contribution in [-0.2, 0) is 25.8 Å². The minimum Gasteiger partial charge on any atom is -0.466 e. The summed E-state index contributed by atoms with van der Waals surface area (Å²) in [6.07, 6.45) is 1.01. The van der Waals surface area contributed by atoms with Gasteiger partial charge in [0.15, 0.2) is 8.32 Å². The number of aliphatic hydroxyl groups is 1. The zero-order valence-electron chi connectivity index (χ0n) is 26.0. The maximum absolute atomic E-state index is 13.8. The number of hydrogen-bond acceptors (Lipinski definition) is 7. The second kappa shape index (κ2) is 12.3. The van der Waals surface area contributed by atoms with Crippen molar-refractivity contribution in [2.45, 2.75) is 69.2 Å². The highest BCUT2D eigenvalue weighted by atomic mass is 32.2. The van der Waals surface area contributed by atoms with Gasteiger partial charge in [0.25, 0.3) is 0 Å². The summed E-state index contributed by atoms with van der Waals surface area (Å²) >= 11 is 0. The number of ether oxygens (including phenoxy) is 1. The van der Waals surface area contributed by atoms with Crippen LogP contribution in [0.5, 0.6) is 0 Å². The van der Waals surface area contributed by atoms with Gasteiger partial charge in [-0.05, 0) is 60.0 Å². The summed E-state index contributed by atoms with van der Waals surface area (Å²) in [5.74, 6) is 0.567. The van der Waals surface area contributed by atoms with Crippen molar-refractivity contribution in [1.82, 2.24) is 9.21 Å². The number of benzene rings is 2. The number of carbonyl (C=O) groups excluding carboxylic acids is 1. The molecule has 3 heterocycles. The molecule has 44 heavy (non-hydrogen) atoms.